The molecular formula is C11H17Cl2N3O4S. The van der Waals surface area contributed by atoms with Crippen molar-refractivity contribution >= 4 is 39.7 Å². The lowest BCUT2D eigenvalue weighted by Crippen LogP contribution is -2.32. The first-order chi connectivity index (χ1) is 9.21. The van der Waals surface area contributed by atoms with Gasteiger partial charge in [0, 0.05) is 31.8 Å². The van der Waals surface area contributed by atoms with Gasteiger partial charge in [0.2, 0.25) is 10.0 Å². The first kappa shape index (κ1) is 20.1. The van der Waals surface area contributed by atoms with Crippen LogP contribution in [0.15, 0.2) is 17.0 Å². The zero-order valence-corrected chi connectivity index (χ0v) is 14.2. The Morgan fingerprint density at radius 3 is 2.48 bits per heavy atom. The first-order valence-electron chi connectivity index (χ1n) is 5.77. The number of nitro benzene ring substituents is 1. The van der Waals surface area contributed by atoms with E-state index >= 15 is 0 Å². The Morgan fingerprint density at radius 2 is 2.00 bits per heavy atom. The standard InChI is InChI=1S/C11H16ClN3O4S.ClH/c1-8-10(12)6-9(7-11(8)15(16)17)20(18,19)14(3)5-4-13-2;/h6-7,13H,4-5H2,1-3H3;1H. The highest BCUT2D eigenvalue weighted by Gasteiger charge is 2.25. The number of nitrogens with zero attached hydrogens (tertiary/aromatic N) is 2. The molecule has 0 spiro atoms. The number of rotatable bonds is 6. The van der Waals surface area contributed by atoms with Gasteiger partial charge in [0.1, 0.15) is 0 Å². The molecule has 0 atom stereocenters. The average Bonchev–Trinajstić information content (AvgIpc) is 2.38. The summed E-state index contributed by atoms with van der Waals surface area (Å²) in [5, 5.41) is 13.8. The molecular weight excluding hydrogens is 341 g/mol. The average molecular weight is 358 g/mol. The SMILES string of the molecule is CNCCN(C)S(=O)(=O)c1cc(Cl)c(C)c([N+](=O)[O-])c1.Cl. The van der Waals surface area contributed by atoms with Crippen molar-refractivity contribution in [3.8, 4) is 0 Å². The summed E-state index contributed by atoms with van der Waals surface area (Å²) in [5.74, 6) is 0. The van der Waals surface area contributed by atoms with Gasteiger partial charge >= 0.3 is 0 Å². The van der Waals surface area contributed by atoms with E-state index in [9.17, 15) is 18.5 Å². The van der Waals surface area contributed by atoms with Crippen molar-refractivity contribution in [2.45, 2.75) is 11.8 Å². The molecule has 0 aromatic heterocycles. The van der Waals surface area contributed by atoms with E-state index in [0.717, 1.165) is 10.4 Å². The van der Waals surface area contributed by atoms with E-state index in [0.29, 0.717) is 6.54 Å². The maximum absolute atomic E-state index is 12.3. The van der Waals surface area contributed by atoms with Crippen LogP contribution in [0.3, 0.4) is 0 Å². The van der Waals surface area contributed by atoms with E-state index in [2.05, 4.69) is 5.32 Å². The molecule has 0 amide bonds. The molecule has 0 saturated carbocycles. The number of sulfonamides is 1. The Balaban J connectivity index is 0.00000400. The van der Waals surface area contributed by atoms with Crippen molar-refractivity contribution in [2.24, 2.45) is 0 Å². The molecule has 0 bridgehead atoms. The topological polar surface area (TPSA) is 92.6 Å². The van der Waals surface area contributed by atoms with Crippen LogP contribution >= 0.6 is 24.0 Å². The smallest absolute Gasteiger partial charge is 0.275 e. The second-order valence-corrected chi connectivity index (χ2v) is 6.69. The molecule has 0 aliphatic heterocycles. The lowest BCUT2D eigenvalue weighted by Gasteiger charge is -2.17. The summed E-state index contributed by atoms with van der Waals surface area (Å²) >= 11 is 5.88. The quantitative estimate of drug-likeness (QED) is 0.619. The third-order valence-corrected chi connectivity index (χ3v) is 5.10. The molecule has 120 valence electrons. The Hall–Kier alpha value is -0.930. The summed E-state index contributed by atoms with van der Waals surface area (Å²) in [6.07, 6.45) is 0. The molecule has 0 saturated heterocycles. The van der Waals surface area contributed by atoms with Crippen LogP contribution in [0, 0.1) is 17.0 Å². The number of nitrogens with one attached hydrogen (secondary N) is 1. The first-order valence-corrected chi connectivity index (χ1v) is 7.59. The summed E-state index contributed by atoms with van der Waals surface area (Å²) in [6.45, 7) is 2.19. The van der Waals surface area contributed by atoms with Gasteiger partial charge in [-0.2, -0.15) is 4.31 Å². The highest BCUT2D eigenvalue weighted by Crippen LogP contribution is 2.30. The lowest BCUT2D eigenvalue weighted by atomic mass is 10.2. The molecule has 21 heavy (non-hydrogen) atoms. The fourth-order valence-electron chi connectivity index (χ4n) is 1.55. The fourth-order valence-corrected chi connectivity index (χ4v) is 3.05. The maximum atomic E-state index is 12.3. The third kappa shape index (κ3) is 4.52. The van der Waals surface area contributed by atoms with Crippen LogP contribution in [0.5, 0.6) is 0 Å². The van der Waals surface area contributed by atoms with Crippen molar-refractivity contribution in [3.63, 3.8) is 0 Å². The number of benzene rings is 1. The highest BCUT2D eigenvalue weighted by molar-refractivity contribution is 7.89. The van der Waals surface area contributed by atoms with Crippen LogP contribution in [0.1, 0.15) is 5.56 Å². The number of nitro groups is 1. The zero-order valence-electron chi connectivity index (χ0n) is 11.8. The molecule has 0 heterocycles. The molecule has 1 aromatic rings. The predicted molar refractivity (Wildman–Crippen MR) is 83.8 cm³/mol. The second-order valence-electron chi connectivity index (χ2n) is 4.24. The van der Waals surface area contributed by atoms with Crippen LogP contribution in [0.4, 0.5) is 5.69 Å². The highest BCUT2D eigenvalue weighted by atomic mass is 35.5. The van der Waals surface area contributed by atoms with E-state index in [4.69, 9.17) is 11.6 Å². The van der Waals surface area contributed by atoms with Crippen LogP contribution < -0.4 is 5.32 Å². The number of hydrogen-bond acceptors (Lipinski definition) is 5. The number of hydrogen-bond donors (Lipinski definition) is 1. The van der Waals surface area contributed by atoms with Gasteiger partial charge in [0.15, 0.2) is 0 Å². The van der Waals surface area contributed by atoms with Gasteiger partial charge in [-0.1, -0.05) is 11.6 Å². The molecule has 0 aliphatic carbocycles. The summed E-state index contributed by atoms with van der Waals surface area (Å²) in [5.41, 5.74) is -0.0633. The summed E-state index contributed by atoms with van der Waals surface area (Å²) in [4.78, 5) is 10.1. The Kier molecular flexibility index (Phi) is 7.55. The molecule has 0 fully saturated rings. The van der Waals surface area contributed by atoms with Crippen molar-refractivity contribution in [1.82, 2.24) is 9.62 Å². The summed E-state index contributed by atoms with van der Waals surface area (Å²) < 4.78 is 25.7. The minimum atomic E-state index is -3.80. The minimum Gasteiger partial charge on any atom is -0.318 e. The Morgan fingerprint density at radius 1 is 1.43 bits per heavy atom. The molecule has 1 rings (SSSR count). The van der Waals surface area contributed by atoms with Gasteiger partial charge in [0.25, 0.3) is 5.69 Å². The summed E-state index contributed by atoms with van der Waals surface area (Å²) in [7, 11) is -0.691. The Labute approximate surface area is 134 Å². The van der Waals surface area contributed by atoms with E-state index in [-0.39, 0.29) is 40.1 Å². The minimum absolute atomic E-state index is 0. The van der Waals surface area contributed by atoms with Crippen LogP contribution in [0.25, 0.3) is 0 Å². The van der Waals surface area contributed by atoms with Gasteiger partial charge in [-0.15, -0.1) is 12.4 Å². The monoisotopic (exact) mass is 357 g/mol. The van der Waals surface area contributed by atoms with E-state index < -0.39 is 14.9 Å². The number of halogens is 2. The van der Waals surface area contributed by atoms with Crippen molar-refractivity contribution in [2.75, 3.05) is 27.2 Å². The lowest BCUT2D eigenvalue weighted by molar-refractivity contribution is -0.385. The third-order valence-electron chi connectivity index (χ3n) is 2.87. The van der Waals surface area contributed by atoms with E-state index in [1.165, 1.54) is 20.0 Å². The van der Waals surface area contributed by atoms with Gasteiger partial charge in [-0.25, -0.2) is 8.42 Å². The van der Waals surface area contributed by atoms with Gasteiger partial charge in [0.05, 0.1) is 14.8 Å². The molecule has 1 N–H and O–H groups in total. The predicted octanol–water partition coefficient (Wildman–Crippen LogP) is 1.82. The Bertz CT molecular complexity index is 622. The molecule has 10 heteroatoms. The number of likely N-dealkylation sites (N-methyl/N-ethyl adjacent to an activating group) is 2. The van der Waals surface area contributed by atoms with E-state index in [1.54, 1.807) is 7.05 Å². The molecule has 1 aromatic carbocycles. The molecule has 0 unspecified atom stereocenters. The van der Waals surface area contributed by atoms with Crippen LogP contribution in [-0.4, -0.2) is 44.8 Å². The normalized spacial score (nSPS) is 11.3. The van der Waals surface area contributed by atoms with Crippen LogP contribution in [-0.2, 0) is 10.0 Å². The fraction of sp³-hybridized carbons (Fsp3) is 0.455. The summed E-state index contributed by atoms with van der Waals surface area (Å²) in [6, 6.07) is 2.27. The molecule has 7 nitrogen and oxygen atoms in total. The van der Waals surface area contributed by atoms with Crippen LogP contribution in [0.2, 0.25) is 5.02 Å². The van der Waals surface area contributed by atoms with E-state index in [1.807, 2.05) is 0 Å². The zero-order chi connectivity index (χ0) is 15.5. The molecule has 0 aliphatic rings. The molecule has 0 radical (unpaired) electrons. The largest absolute Gasteiger partial charge is 0.318 e. The van der Waals surface area contributed by atoms with Crippen molar-refractivity contribution < 1.29 is 13.3 Å². The van der Waals surface area contributed by atoms with Crippen molar-refractivity contribution in [1.29, 1.82) is 0 Å². The van der Waals surface area contributed by atoms with Crippen molar-refractivity contribution in [3.05, 3.63) is 32.8 Å². The second kappa shape index (κ2) is 7.90. The van der Waals surface area contributed by atoms with Gasteiger partial charge in [-0.3, -0.25) is 10.1 Å². The van der Waals surface area contributed by atoms with Gasteiger partial charge in [-0.05, 0) is 20.0 Å². The maximum Gasteiger partial charge on any atom is 0.275 e. The van der Waals surface area contributed by atoms with Gasteiger partial charge < -0.3 is 5.32 Å².